The molecule has 0 radical (unpaired) electrons. The summed E-state index contributed by atoms with van der Waals surface area (Å²) in [6, 6.07) is 12.8. The van der Waals surface area contributed by atoms with Crippen LogP contribution in [0.15, 0.2) is 48.7 Å². The standard InChI is InChI=1S/C22H30N4O3/c1-3-22(2,26-11-13-28-14-12-26)17-24-21(27)25-18-8-6-9-20(15-18)29-16-19-7-4-5-10-23-19/h4-10,15H,3,11-14,16-17H2,1-2H3,(H2,24,25,27)/t22-/m1/s1. The number of carbonyl (C=O) groups excluding carboxylic acids is 1. The number of hydrogen-bond acceptors (Lipinski definition) is 5. The van der Waals surface area contributed by atoms with Crippen LogP contribution in [0.1, 0.15) is 26.0 Å². The van der Waals surface area contributed by atoms with Crippen LogP contribution in [0.4, 0.5) is 10.5 Å². The Balaban J connectivity index is 1.50. The predicted octanol–water partition coefficient (Wildman–Crippen LogP) is 3.28. The average molecular weight is 399 g/mol. The molecule has 0 saturated carbocycles. The molecule has 7 nitrogen and oxygen atoms in total. The first-order chi connectivity index (χ1) is 14.1. The fraction of sp³-hybridized carbons (Fsp3) is 0.455. The van der Waals surface area contributed by atoms with Crippen LogP contribution in [-0.2, 0) is 11.3 Å². The number of morpholine rings is 1. The summed E-state index contributed by atoms with van der Waals surface area (Å²) in [5, 5.41) is 5.91. The Kier molecular flexibility index (Phi) is 7.43. The van der Waals surface area contributed by atoms with E-state index < -0.39 is 0 Å². The van der Waals surface area contributed by atoms with Gasteiger partial charge in [0.15, 0.2) is 0 Å². The third-order valence-corrected chi connectivity index (χ3v) is 5.37. The second-order valence-corrected chi connectivity index (χ2v) is 7.40. The lowest BCUT2D eigenvalue weighted by molar-refractivity contribution is -0.0163. The monoisotopic (exact) mass is 398 g/mol. The van der Waals surface area contributed by atoms with Crippen molar-refractivity contribution in [3.63, 3.8) is 0 Å². The van der Waals surface area contributed by atoms with Gasteiger partial charge in [-0.1, -0.05) is 19.1 Å². The maximum Gasteiger partial charge on any atom is 0.319 e. The summed E-state index contributed by atoms with van der Waals surface area (Å²) in [5.74, 6) is 0.681. The van der Waals surface area contributed by atoms with E-state index in [1.54, 1.807) is 6.20 Å². The molecule has 1 aliphatic heterocycles. The van der Waals surface area contributed by atoms with Crippen LogP contribution in [0.2, 0.25) is 0 Å². The number of nitrogens with one attached hydrogen (secondary N) is 2. The Bertz CT molecular complexity index is 781. The van der Waals surface area contributed by atoms with Crippen LogP contribution in [-0.4, -0.2) is 54.3 Å². The van der Waals surface area contributed by atoms with Gasteiger partial charge in [0, 0.05) is 43.1 Å². The Morgan fingerprint density at radius 1 is 1.24 bits per heavy atom. The number of anilines is 1. The molecule has 29 heavy (non-hydrogen) atoms. The largest absolute Gasteiger partial charge is 0.487 e. The average Bonchev–Trinajstić information content (AvgIpc) is 2.78. The number of pyridine rings is 1. The quantitative estimate of drug-likeness (QED) is 0.714. The minimum absolute atomic E-state index is 0.0885. The molecule has 1 aromatic carbocycles. The van der Waals surface area contributed by atoms with E-state index in [2.05, 4.69) is 34.4 Å². The van der Waals surface area contributed by atoms with E-state index in [-0.39, 0.29) is 11.6 Å². The van der Waals surface area contributed by atoms with Crippen molar-refractivity contribution in [3.05, 3.63) is 54.4 Å². The highest BCUT2D eigenvalue weighted by atomic mass is 16.5. The van der Waals surface area contributed by atoms with Gasteiger partial charge in [-0.3, -0.25) is 9.88 Å². The van der Waals surface area contributed by atoms with Crippen molar-refractivity contribution in [2.45, 2.75) is 32.4 Å². The van der Waals surface area contributed by atoms with Crippen molar-refractivity contribution < 1.29 is 14.3 Å². The molecule has 1 atom stereocenters. The van der Waals surface area contributed by atoms with Gasteiger partial charge in [-0.25, -0.2) is 4.79 Å². The minimum atomic E-state index is -0.222. The molecule has 2 N–H and O–H groups in total. The summed E-state index contributed by atoms with van der Waals surface area (Å²) in [5.41, 5.74) is 1.45. The molecule has 0 bridgehead atoms. The molecule has 1 fully saturated rings. The van der Waals surface area contributed by atoms with Crippen molar-refractivity contribution in [2.75, 3.05) is 38.2 Å². The van der Waals surface area contributed by atoms with Crippen molar-refractivity contribution in [1.82, 2.24) is 15.2 Å². The zero-order valence-electron chi connectivity index (χ0n) is 17.2. The van der Waals surface area contributed by atoms with Crippen LogP contribution < -0.4 is 15.4 Å². The second-order valence-electron chi connectivity index (χ2n) is 7.40. The normalized spacial score (nSPS) is 16.6. The lowest BCUT2D eigenvalue weighted by atomic mass is 9.95. The Labute approximate surface area is 172 Å². The fourth-order valence-electron chi connectivity index (χ4n) is 3.31. The molecule has 1 aromatic heterocycles. The predicted molar refractivity (Wildman–Crippen MR) is 113 cm³/mol. The van der Waals surface area contributed by atoms with Gasteiger partial charge in [0.05, 0.1) is 18.9 Å². The molecule has 2 aromatic rings. The molecule has 156 valence electrons. The van der Waals surface area contributed by atoms with E-state index in [9.17, 15) is 4.79 Å². The van der Waals surface area contributed by atoms with Gasteiger partial charge in [0.1, 0.15) is 12.4 Å². The molecule has 0 aliphatic carbocycles. The summed E-state index contributed by atoms with van der Waals surface area (Å²) >= 11 is 0. The summed E-state index contributed by atoms with van der Waals surface area (Å²) in [4.78, 5) is 19.1. The van der Waals surface area contributed by atoms with Crippen LogP contribution in [0.25, 0.3) is 0 Å². The Morgan fingerprint density at radius 3 is 2.79 bits per heavy atom. The maximum absolute atomic E-state index is 12.4. The number of hydrogen-bond donors (Lipinski definition) is 2. The topological polar surface area (TPSA) is 75.7 Å². The maximum atomic E-state index is 12.4. The van der Waals surface area contributed by atoms with E-state index in [4.69, 9.17) is 9.47 Å². The van der Waals surface area contributed by atoms with Gasteiger partial charge in [0.2, 0.25) is 0 Å². The highest BCUT2D eigenvalue weighted by molar-refractivity contribution is 5.89. The molecule has 7 heteroatoms. The van der Waals surface area contributed by atoms with Gasteiger partial charge in [0.25, 0.3) is 0 Å². The first-order valence-corrected chi connectivity index (χ1v) is 10.1. The Morgan fingerprint density at radius 2 is 2.07 bits per heavy atom. The second kappa shape index (κ2) is 10.2. The van der Waals surface area contributed by atoms with Gasteiger partial charge in [-0.15, -0.1) is 0 Å². The number of nitrogens with zero attached hydrogens (tertiary/aromatic N) is 2. The number of ether oxygens (including phenoxy) is 2. The third kappa shape index (κ3) is 6.17. The number of aromatic nitrogens is 1. The van der Waals surface area contributed by atoms with Crippen LogP contribution in [0, 0.1) is 0 Å². The zero-order chi connectivity index (χ0) is 20.5. The fourth-order valence-corrected chi connectivity index (χ4v) is 3.31. The summed E-state index contributed by atoms with van der Waals surface area (Å²) in [7, 11) is 0. The molecule has 1 aliphatic rings. The molecule has 0 unspecified atom stereocenters. The van der Waals surface area contributed by atoms with Gasteiger partial charge >= 0.3 is 6.03 Å². The van der Waals surface area contributed by atoms with E-state index >= 15 is 0 Å². The smallest absolute Gasteiger partial charge is 0.319 e. The molecule has 2 heterocycles. The number of urea groups is 1. The lowest BCUT2D eigenvalue weighted by Gasteiger charge is -2.43. The number of carbonyl (C=O) groups is 1. The minimum Gasteiger partial charge on any atom is -0.487 e. The molecule has 2 amide bonds. The molecule has 1 saturated heterocycles. The lowest BCUT2D eigenvalue weighted by Crippen LogP contribution is -2.57. The van der Waals surface area contributed by atoms with Gasteiger partial charge in [-0.05, 0) is 37.6 Å². The van der Waals surface area contributed by atoms with Crippen LogP contribution >= 0.6 is 0 Å². The first kappa shape index (κ1) is 21.1. The first-order valence-electron chi connectivity index (χ1n) is 10.1. The van der Waals surface area contributed by atoms with Crippen molar-refractivity contribution >= 4 is 11.7 Å². The van der Waals surface area contributed by atoms with E-state index in [1.807, 2.05) is 42.5 Å². The van der Waals surface area contributed by atoms with Crippen LogP contribution in [0.3, 0.4) is 0 Å². The van der Waals surface area contributed by atoms with E-state index in [0.29, 0.717) is 24.6 Å². The van der Waals surface area contributed by atoms with Crippen molar-refractivity contribution in [1.29, 1.82) is 0 Å². The van der Waals surface area contributed by atoms with Crippen molar-refractivity contribution in [3.8, 4) is 5.75 Å². The Hall–Kier alpha value is -2.64. The molecular formula is C22H30N4O3. The van der Waals surface area contributed by atoms with Gasteiger partial charge in [-0.2, -0.15) is 0 Å². The number of rotatable bonds is 8. The molecule has 0 spiro atoms. The zero-order valence-corrected chi connectivity index (χ0v) is 17.2. The van der Waals surface area contributed by atoms with E-state index in [0.717, 1.165) is 38.4 Å². The summed E-state index contributed by atoms with van der Waals surface area (Å²) in [6.07, 6.45) is 2.69. The highest BCUT2D eigenvalue weighted by Gasteiger charge is 2.31. The van der Waals surface area contributed by atoms with Crippen LogP contribution in [0.5, 0.6) is 5.75 Å². The molecule has 3 rings (SSSR count). The highest BCUT2D eigenvalue weighted by Crippen LogP contribution is 2.21. The van der Waals surface area contributed by atoms with Gasteiger partial charge < -0.3 is 20.1 Å². The number of amides is 2. The van der Waals surface area contributed by atoms with Crippen molar-refractivity contribution in [2.24, 2.45) is 0 Å². The SMILES string of the molecule is CC[C@](C)(CNC(=O)Nc1cccc(OCc2ccccn2)c1)N1CCOCC1. The van der Waals surface area contributed by atoms with E-state index in [1.165, 1.54) is 0 Å². The number of benzene rings is 1. The summed E-state index contributed by atoms with van der Waals surface area (Å²) < 4.78 is 11.2. The molecular weight excluding hydrogens is 368 g/mol. The summed E-state index contributed by atoms with van der Waals surface area (Å²) in [6.45, 7) is 8.56. The third-order valence-electron chi connectivity index (χ3n) is 5.37.